The van der Waals surface area contributed by atoms with Crippen LogP contribution in [0.2, 0.25) is 5.02 Å². The Morgan fingerprint density at radius 3 is 2.61 bits per heavy atom. The Bertz CT molecular complexity index is 1520. The van der Waals surface area contributed by atoms with Crippen LogP contribution in [-0.4, -0.2) is 30.6 Å². The maximum absolute atomic E-state index is 13.7. The fourth-order valence-corrected chi connectivity index (χ4v) is 5.56. The van der Waals surface area contributed by atoms with E-state index in [1.165, 1.54) is 6.07 Å². The molecular formula is C28H25ClF2N6O. The summed E-state index contributed by atoms with van der Waals surface area (Å²) < 4.78 is 33.7. The van der Waals surface area contributed by atoms with Crippen LogP contribution < -0.4 is 4.74 Å². The molecule has 0 amide bonds. The molecule has 0 bridgehead atoms. The van der Waals surface area contributed by atoms with Crippen molar-refractivity contribution in [1.82, 2.24) is 30.6 Å². The van der Waals surface area contributed by atoms with Gasteiger partial charge in [-0.1, -0.05) is 54.8 Å². The molecule has 1 saturated carbocycles. The van der Waals surface area contributed by atoms with E-state index < -0.39 is 11.6 Å². The fraction of sp³-hybridized carbons (Fsp3) is 0.286. The molecule has 2 heterocycles. The third-order valence-electron chi connectivity index (χ3n) is 7.26. The molecule has 2 aromatic heterocycles. The van der Waals surface area contributed by atoms with Gasteiger partial charge in [0.25, 0.3) is 0 Å². The lowest BCUT2D eigenvalue weighted by Crippen LogP contribution is -2.21. The first-order chi connectivity index (χ1) is 18.5. The van der Waals surface area contributed by atoms with Crippen LogP contribution in [-0.2, 0) is 13.0 Å². The number of hydrogen-bond donors (Lipinski definition) is 2. The quantitative estimate of drug-likeness (QED) is 0.240. The lowest BCUT2D eigenvalue weighted by atomic mass is 9.73. The highest BCUT2D eigenvalue weighted by Crippen LogP contribution is 2.43. The van der Waals surface area contributed by atoms with Gasteiger partial charge in [0.05, 0.1) is 11.0 Å². The van der Waals surface area contributed by atoms with Crippen molar-refractivity contribution >= 4 is 22.6 Å². The first-order valence-corrected chi connectivity index (χ1v) is 13.0. The monoisotopic (exact) mass is 534 g/mol. The van der Waals surface area contributed by atoms with Crippen molar-refractivity contribution < 1.29 is 13.5 Å². The highest BCUT2D eigenvalue weighted by Gasteiger charge is 2.30. The molecule has 2 atom stereocenters. The van der Waals surface area contributed by atoms with Gasteiger partial charge in [-0.2, -0.15) is 5.21 Å². The van der Waals surface area contributed by atoms with Crippen LogP contribution in [0.3, 0.4) is 0 Å². The van der Waals surface area contributed by atoms with Crippen LogP contribution in [0.1, 0.15) is 48.6 Å². The van der Waals surface area contributed by atoms with Crippen molar-refractivity contribution in [2.75, 3.05) is 0 Å². The molecule has 10 heteroatoms. The van der Waals surface area contributed by atoms with Crippen molar-refractivity contribution in [3.63, 3.8) is 0 Å². The third-order valence-corrected chi connectivity index (χ3v) is 7.50. The first-order valence-electron chi connectivity index (χ1n) is 12.6. The lowest BCUT2D eigenvalue weighted by molar-refractivity contribution is 0.272. The molecule has 0 aliphatic heterocycles. The minimum atomic E-state index is -0.890. The van der Waals surface area contributed by atoms with E-state index in [0.717, 1.165) is 60.0 Å². The van der Waals surface area contributed by atoms with Crippen molar-refractivity contribution in [2.24, 2.45) is 5.92 Å². The zero-order valence-corrected chi connectivity index (χ0v) is 21.2. The number of benzene rings is 3. The molecule has 7 nitrogen and oxygen atoms in total. The normalized spacial score (nSPS) is 17.7. The summed E-state index contributed by atoms with van der Waals surface area (Å²) >= 11 is 6.37. The van der Waals surface area contributed by atoms with E-state index in [-0.39, 0.29) is 5.92 Å². The zero-order valence-electron chi connectivity index (χ0n) is 20.4. The van der Waals surface area contributed by atoms with Gasteiger partial charge in [-0.05, 0) is 53.2 Å². The molecule has 6 rings (SSSR count). The topological polar surface area (TPSA) is 92.4 Å². The van der Waals surface area contributed by atoms with E-state index in [1.807, 2.05) is 36.4 Å². The van der Waals surface area contributed by atoms with Crippen LogP contribution in [0.4, 0.5) is 8.78 Å². The van der Waals surface area contributed by atoms with Gasteiger partial charge >= 0.3 is 0 Å². The molecular weight excluding hydrogens is 510 g/mol. The Morgan fingerprint density at radius 1 is 0.974 bits per heavy atom. The van der Waals surface area contributed by atoms with Crippen molar-refractivity contribution in [3.8, 4) is 17.1 Å². The average Bonchev–Trinajstić information content (AvgIpc) is 3.59. The van der Waals surface area contributed by atoms with Crippen LogP contribution >= 0.6 is 11.6 Å². The van der Waals surface area contributed by atoms with Crippen LogP contribution in [0.15, 0.2) is 54.6 Å². The minimum Gasteiger partial charge on any atom is -0.489 e. The average molecular weight is 535 g/mol. The molecule has 0 spiro atoms. The van der Waals surface area contributed by atoms with Crippen LogP contribution in [0.25, 0.3) is 22.4 Å². The Kier molecular flexibility index (Phi) is 6.76. The largest absolute Gasteiger partial charge is 0.489 e. The lowest BCUT2D eigenvalue weighted by Gasteiger charge is -2.32. The molecule has 0 saturated heterocycles. The van der Waals surface area contributed by atoms with Crippen molar-refractivity contribution in [3.05, 3.63) is 88.2 Å². The number of aromatic nitrogens is 6. The summed E-state index contributed by atoms with van der Waals surface area (Å²) in [7, 11) is 0. The van der Waals surface area contributed by atoms with E-state index in [9.17, 15) is 8.78 Å². The van der Waals surface area contributed by atoms with E-state index in [2.05, 4.69) is 36.7 Å². The van der Waals surface area contributed by atoms with Gasteiger partial charge in [-0.25, -0.2) is 13.8 Å². The van der Waals surface area contributed by atoms with Crippen molar-refractivity contribution in [1.29, 1.82) is 0 Å². The number of nitrogens with zero attached hydrogens (tertiary/aromatic N) is 4. The summed E-state index contributed by atoms with van der Waals surface area (Å²) in [6.45, 7) is 0.387. The van der Waals surface area contributed by atoms with Gasteiger partial charge in [-0.3, -0.25) is 0 Å². The standard InChI is InChI=1S/C28H25ClF2N6O/c29-19-9-10-21(26(12-19)38-15-16-5-7-17(8-6-16)28-34-36-37-35-28)20-4-2-1-3-18(20)11-27-32-24-13-22(30)23(31)14-25(24)33-27/h5-10,12-14,18,20H,1-4,11,15H2,(H,32,33)(H,34,35,36,37). The SMILES string of the molecule is Fc1cc2nc(CC3CCCCC3c3ccc(Cl)cc3OCc3ccc(-c4nn[nH]n4)cc3)[nH]c2cc1F. The second-order valence-corrected chi connectivity index (χ2v) is 10.2. The summed E-state index contributed by atoms with van der Waals surface area (Å²) in [5.41, 5.74) is 3.94. The smallest absolute Gasteiger partial charge is 0.204 e. The van der Waals surface area contributed by atoms with E-state index in [0.29, 0.717) is 40.8 Å². The second-order valence-electron chi connectivity index (χ2n) is 9.73. The summed E-state index contributed by atoms with van der Waals surface area (Å²) in [5, 5.41) is 14.7. The number of hydrogen-bond acceptors (Lipinski definition) is 5. The van der Waals surface area contributed by atoms with Gasteiger partial charge in [0.15, 0.2) is 11.6 Å². The number of H-pyrrole nitrogens is 2. The Hall–Kier alpha value is -3.85. The molecule has 2 N–H and O–H groups in total. The minimum absolute atomic E-state index is 0.248. The zero-order chi connectivity index (χ0) is 26.1. The first kappa shape index (κ1) is 24.5. The molecule has 1 fully saturated rings. The molecule has 38 heavy (non-hydrogen) atoms. The number of fused-ring (bicyclic) bond motifs is 1. The highest BCUT2D eigenvalue weighted by atomic mass is 35.5. The van der Waals surface area contributed by atoms with Gasteiger partial charge in [0.1, 0.15) is 18.2 Å². The summed E-state index contributed by atoms with van der Waals surface area (Å²) in [4.78, 5) is 7.73. The Labute approximate surface area is 222 Å². The highest BCUT2D eigenvalue weighted by molar-refractivity contribution is 6.30. The molecule has 0 radical (unpaired) electrons. The maximum Gasteiger partial charge on any atom is 0.204 e. The van der Waals surface area contributed by atoms with Crippen LogP contribution in [0, 0.1) is 17.6 Å². The van der Waals surface area contributed by atoms with Gasteiger partial charge in [0.2, 0.25) is 5.82 Å². The Morgan fingerprint density at radius 2 is 1.79 bits per heavy atom. The van der Waals surface area contributed by atoms with Gasteiger partial charge in [0, 0.05) is 29.1 Å². The molecule has 2 unspecified atom stereocenters. The van der Waals surface area contributed by atoms with Crippen molar-refractivity contribution in [2.45, 2.75) is 44.6 Å². The molecule has 1 aliphatic carbocycles. The maximum atomic E-state index is 13.7. The molecule has 194 valence electrons. The van der Waals surface area contributed by atoms with E-state index >= 15 is 0 Å². The number of halogens is 3. The number of nitrogens with one attached hydrogen (secondary N) is 2. The Balaban J connectivity index is 1.21. The number of tetrazole rings is 1. The summed E-state index contributed by atoms with van der Waals surface area (Å²) in [6, 6.07) is 16.0. The molecule has 3 aromatic carbocycles. The second kappa shape index (κ2) is 10.5. The number of rotatable bonds is 7. The molecule has 1 aliphatic rings. The number of aromatic amines is 2. The third kappa shape index (κ3) is 5.11. The molecule has 5 aromatic rings. The van der Waals surface area contributed by atoms with E-state index in [1.54, 1.807) is 0 Å². The van der Waals surface area contributed by atoms with Gasteiger partial charge < -0.3 is 9.72 Å². The fourth-order valence-electron chi connectivity index (χ4n) is 5.40. The number of imidazole rings is 1. The van der Waals surface area contributed by atoms with Gasteiger partial charge in [-0.15, -0.1) is 10.2 Å². The summed E-state index contributed by atoms with van der Waals surface area (Å²) in [6.07, 6.45) is 4.98. The van der Waals surface area contributed by atoms with Crippen LogP contribution in [0.5, 0.6) is 5.75 Å². The summed E-state index contributed by atoms with van der Waals surface area (Å²) in [5.74, 6) is 0.826. The predicted octanol–water partition coefficient (Wildman–Crippen LogP) is 6.77. The van der Waals surface area contributed by atoms with E-state index in [4.69, 9.17) is 16.3 Å². The number of ether oxygens (including phenoxy) is 1. The predicted molar refractivity (Wildman–Crippen MR) is 140 cm³/mol.